The lowest BCUT2D eigenvalue weighted by atomic mass is 9.86. The molecule has 0 aliphatic heterocycles. The van der Waals surface area contributed by atoms with E-state index in [0.717, 1.165) is 52.8 Å². The Kier molecular flexibility index (Phi) is 5.45. The van der Waals surface area contributed by atoms with Crippen molar-refractivity contribution in [1.82, 2.24) is 14.5 Å². The summed E-state index contributed by atoms with van der Waals surface area (Å²) in [6.07, 6.45) is 14.7. The number of aromatic nitrogens is 3. The highest BCUT2D eigenvalue weighted by Crippen LogP contribution is 2.41. The Morgan fingerprint density at radius 1 is 0.674 bits per heavy atom. The first kappa shape index (κ1) is 24.3. The lowest BCUT2D eigenvalue weighted by Crippen LogP contribution is -2.08. The summed E-state index contributed by atoms with van der Waals surface area (Å²) in [5.41, 5.74) is 10.7. The number of nitrogens with zero attached hydrogens (tertiary/aromatic N) is 3. The monoisotopic (exact) mass is 551 g/mol. The van der Waals surface area contributed by atoms with Crippen molar-refractivity contribution in [1.29, 1.82) is 0 Å². The Hall–Kier alpha value is -5.28. The van der Waals surface area contributed by atoms with E-state index in [9.17, 15) is 0 Å². The van der Waals surface area contributed by atoms with Crippen LogP contribution < -0.4 is 0 Å². The highest BCUT2D eigenvalue weighted by atomic mass is 15.1. The van der Waals surface area contributed by atoms with Crippen LogP contribution in [-0.4, -0.2) is 14.5 Å². The number of benzene rings is 5. The maximum atomic E-state index is 5.39. The van der Waals surface area contributed by atoms with Crippen LogP contribution in [0, 0.1) is 0 Å². The summed E-state index contributed by atoms with van der Waals surface area (Å²) in [5.74, 6) is 1.25. The van der Waals surface area contributed by atoms with Crippen LogP contribution in [0.1, 0.15) is 41.3 Å². The molecule has 0 N–H and O–H groups in total. The summed E-state index contributed by atoms with van der Waals surface area (Å²) in [4.78, 5) is 10.5. The molecule has 2 aromatic heterocycles. The van der Waals surface area contributed by atoms with E-state index in [0.29, 0.717) is 0 Å². The van der Waals surface area contributed by atoms with Crippen LogP contribution in [0.4, 0.5) is 0 Å². The predicted octanol–water partition coefficient (Wildman–Crippen LogP) is 9.97. The fourth-order valence-corrected chi connectivity index (χ4v) is 7.10. The quantitative estimate of drug-likeness (QED) is 0.162. The van der Waals surface area contributed by atoms with E-state index in [4.69, 9.17) is 9.97 Å². The molecule has 0 spiro atoms. The van der Waals surface area contributed by atoms with Gasteiger partial charge in [-0.25, -0.2) is 9.97 Å². The SMILES string of the molecule is C1=Cc2c(ccc3c(C4=CCC(c5nc6ccccc6n5-c5ccccc5)C=C4)c4ccc5ccccc5c4nc23)CC1. The fraction of sp³-hybridized carbons (Fsp3) is 0.100. The highest BCUT2D eigenvalue weighted by molar-refractivity contribution is 6.16. The zero-order valence-electron chi connectivity index (χ0n) is 23.7. The standard InChI is InChI=1S/C40H29N3/c1-2-12-30(13-3-1)43-36-17-9-8-16-35(36)41-40(43)29-20-18-28(19-21-29)37-33-24-22-26-10-4-6-14-31(26)38(33)42-39-32-15-7-5-11-27(32)23-25-34(37)39/h1-4,6-10,12-20,22-25,29H,5,11,21H2. The zero-order chi connectivity index (χ0) is 28.3. The van der Waals surface area contributed by atoms with Crippen molar-refractivity contribution in [2.24, 2.45) is 0 Å². The van der Waals surface area contributed by atoms with Crippen LogP contribution >= 0.6 is 0 Å². The summed E-state index contributed by atoms with van der Waals surface area (Å²) >= 11 is 0. The van der Waals surface area contributed by atoms with Crippen molar-refractivity contribution in [2.75, 3.05) is 0 Å². The number of hydrogen-bond acceptors (Lipinski definition) is 2. The van der Waals surface area contributed by atoms with Gasteiger partial charge in [0, 0.05) is 38.9 Å². The van der Waals surface area contributed by atoms with Gasteiger partial charge in [-0.15, -0.1) is 0 Å². The van der Waals surface area contributed by atoms with Gasteiger partial charge in [0.1, 0.15) is 5.82 Å². The van der Waals surface area contributed by atoms with Crippen LogP contribution in [0.25, 0.3) is 60.9 Å². The number of para-hydroxylation sites is 3. The zero-order valence-corrected chi connectivity index (χ0v) is 23.7. The molecule has 5 aromatic carbocycles. The van der Waals surface area contributed by atoms with E-state index >= 15 is 0 Å². The van der Waals surface area contributed by atoms with Crippen molar-refractivity contribution in [3.05, 3.63) is 150 Å². The van der Waals surface area contributed by atoms with Crippen LogP contribution in [0.5, 0.6) is 0 Å². The molecule has 1 atom stereocenters. The first-order chi connectivity index (χ1) is 21.3. The molecule has 204 valence electrons. The first-order valence-electron chi connectivity index (χ1n) is 15.2. The molecule has 0 saturated heterocycles. The summed E-state index contributed by atoms with van der Waals surface area (Å²) in [6, 6.07) is 36.8. The van der Waals surface area contributed by atoms with Crippen LogP contribution in [-0.2, 0) is 6.42 Å². The van der Waals surface area contributed by atoms with E-state index in [2.05, 4.69) is 138 Å². The number of aryl methyl sites for hydroxylation is 1. The van der Waals surface area contributed by atoms with Crippen molar-refractivity contribution in [3.8, 4) is 5.69 Å². The lowest BCUT2D eigenvalue weighted by Gasteiger charge is -2.21. The minimum absolute atomic E-state index is 0.173. The fourth-order valence-electron chi connectivity index (χ4n) is 7.10. The number of allylic oxidation sites excluding steroid dienone is 5. The maximum Gasteiger partial charge on any atom is 0.121 e. The molecule has 2 aliphatic rings. The van der Waals surface area contributed by atoms with Crippen LogP contribution in [0.2, 0.25) is 0 Å². The van der Waals surface area contributed by atoms with Gasteiger partial charge in [-0.1, -0.05) is 109 Å². The van der Waals surface area contributed by atoms with Gasteiger partial charge in [-0.2, -0.15) is 0 Å². The topological polar surface area (TPSA) is 30.7 Å². The third kappa shape index (κ3) is 3.81. The number of pyridine rings is 1. The van der Waals surface area contributed by atoms with Crippen molar-refractivity contribution >= 4 is 55.3 Å². The van der Waals surface area contributed by atoms with Gasteiger partial charge in [-0.05, 0) is 60.1 Å². The molecule has 0 bridgehead atoms. The summed E-state index contributed by atoms with van der Waals surface area (Å²) in [7, 11) is 0. The van der Waals surface area contributed by atoms with Crippen molar-refractivity contribution in [3.63, 3.8) is 0 Å². The Bertz CT molecular complexity index is 2320. The Morgan fingerprint density at radius 2 is 1.49 bits per heavy atom. The Balaban J connectivity index is 1.23. The Morgan fingerprint density at radius 3 is 2.40 bits per heavy atom. The molecule has 2 aliphatic carbocycles. The molecule has 0 fully saturated rings. The second-order valence-electron chi connectivity index (χ2n) is 11.6. The second kappa shape index (κ2) is 9.64. The van der Waals surface area contributed by atoms with Crippen LogP contribution in [0.15, 0.2) is 127 Å². The van der Waals surface area contributed by atoms with Crippen LogP contribution in [0.3, 0.4) is 0 Å². The van der Waals surface area contributed by atoms with Gasteiger partial charge >= 0.3 is 0 Å². The third-order valence-corrected chi connectivity index (χ3v) is 9.16. The number of rotatable bonds is 3. The summed E-state index contributed by atoms with van der Waals surface area (Å²) in [6.45, 7) is 0. The third-order valence-electron chi connectivity index (χ3n) is 9.16. The number of imidazole rings is 1. The van der Waals surface area contributed by atoms with Gasteiger partial charge in [0.2, 0.25) is 0 Å². The van der Waals surface area contributed by atoms with Gasteiger partial charge in [0.25, 0.3) is 0 Å². The van der Waals surface area contributed by atoms with Gasteiger partial charge in [-0.3, -0.25) is 4.57 Å². The molecule has 0 radical (unpaired) electrons. The minimum atomic E-state index is 0.173. The highest BCUT2D eigenvalue weighted by Gasteiger charge is 2.23. The van der Waals surface area contributed by atoms with Gasteiger partial charge in [0.15, 0.2) is 0 Å². The van der Waals surface area contributed by atoms with Gasteiger partial charge < -0.3 is 0 Å². The van der Waals surface area contributed by atoms with Gasteiger partial charge in [0.05, 0.1) is 22.1 Å². The molecule has 3 nitrogen and oxygen atoms in total. The minimum Gasteiger partial charge on any atom is -0.296 e. The summed E-state index contributed by atoms with van der Waals surface area (Å²) < 4.78 is 2.32. The average molecular weight is 552 g/mol. The maximum absolute atomic E-state index is 5.39. The molecule has 2 heterocycles. The predicted molar refractivity (Wildman–Crippen MR) is 180 cm³/mol. The molecule has 43 heavy (non-hydrogen) atoms. The molecule has 1 unspecified atom stereocenters. The van der Waals surface area contributed by atoms with E-state index in [1.165, 1.54) is 43.8 Å². The molecule has 0 saturated carbocycles. The first-order valence-corrected chi connectivity index (χ1v) is 15.2. The van der Waals surface area contributed by atoms with Crippen molar-refractivity contribution in [2.45, 2.75) is 25.2 Å². The molecule has 9 rings (SSSR count). The Labute approximate surface area is 250 Å². The molecular formula is C40H29N3. The average Bonchev–Trinajstić information content (AvgIpc) is 3.47. The molecular weight excluding hydrogens is 522 g/mol. The number of hydrogen-bond donors (Lipinski definition) is 0. The lowest BCUT2D eigenvalue weighted by molar-refractivity contribution is 0.760. The smallest absolute Gasteiger partial charge is 0.121 e. The van der Waals surface area contributed by atoms with E-state index in [-0.39, 0.29) is 5.92 Å². The molecule has 0 amide bonds. The largest absolute Gasteiger partial charge is 0.296 e. The van der Waals surface area contributed by atoms with Crippen molar-refractivity contribution < 1.29 is 0 Å². The van der Waals surface area contributed by atoms with E-state index in [1.54, 1.807) is 0 Å². The second-order valence-corrected chi connectivity index (χ2v) is 11.6. The normalized spacial score (nSPS) is 16.3. The molecule has 7 aromatic rings. The number of fused-ring (bicyclic) bond motifs is 7. The summed E-state index contributed by atoms with van der Waals surface area (Å²) in [5, 5.41) is 4.85. The van der Waals surface area contributed by atoms with E-state index < -0.39 is 0 Å². The molecule has 3 heteroatoms. The van der Waals surface area contributed by atoms with E-state index in [1.807, 2.05) is 0 Å².